The van der Waals surface area contributed by atoms with Gasteiger partial charge in [-0.3, -0.25) is 9.78 Å². The van der Waals surface area contributed by atoms with E-state index < -0.39 is 24.1 Å². The number of hydrogen-bond acceptors (Lipinski definition) is 4. The fourth-order valence-corrected chi connectivity index (χ4v) is 2.15. The van der Waals surface area contributed by atoms with Crippen molar-refractivity contribution in [3.8, 4) is 0 Å². The Morgan fingerprint density at radius 3 is 2.45 bits per heavy atom. The van der Waals surface area contributed by atoms with Crippen molar-refractivity contribution in [2.45, 2.75) is 26.1 Å². The van der Waals surface area contributed by atoms with E-state index in [-0.39, 0.29) is 0 Å². The zero-order chi connectivity index (χ0) is 16.3. The Kier molecular flexibility index (Phi) is 4.90. The van der Waals surface area contributed by atoms with Crippen LogP contribution in [0.1, 0.15) is 31.2 Å². The van der Waals surface area contributed by atoms with E-state index in [1.54, 1.807) is 19.1 Å². The van der Waals surface area contributed by atoms with Gasteiger partial charge in [-0.25, -0.2) is 0 Å². The van der Waals surface area contributed by atoms with Gasteiger partial charge in [0.25, 0.3) is 0 Å². The summed E-state index contributed by atoms with van der Waals surface area (Å²) in [5.41, 5.74) is 2.10. The molecule has 1 aromatic carbocycles. The van der Waals surface area contributed by atoms with Gasteiger partial charge in [0.15, 0.2) is 0 Å². The molecule has 0 saturated heterocycles. The topological polar surface area (TPSA) is 90.7 Å². The number of fused-ring (bicyclic) bond motifs is 1. The van der Waals surface area contributed by atoms with Crippen LogP contribution < -0.4 is 0 Å². The largest absolute Gasteiger partial charge is 0.481 e. The summed E-state index contributed by atoms with van der Waals surface area (Å²) in [4.78, 5) is 15.4. The number of pyridine rings is 1. The molecule has 3 atom stereocenters. The second-order valence-corrected chi connectivity index (χ2v) is 5.33. The number of rotatable bonds is 5. The Bertz CT molecular complexity index is 707. The summed E-state index contributed by atoms with van der Waals surface area (Å²) in [6.07, 6.45) is 1.51. The van der Waals surface area contributed by atoms with E-state index >= 15 is 0 Å². The predicted molar refractivity (Wildman–Crippen MR) is 84.2 cm³/mol. The van der Waals surface area contributed by atoms with Gasteiger partial charge in [0, 0.05) is 5.39 Å². The molecule has 0 bridgehead atoms. The fraction of sp³-hybridized carbons (Fsp3) is 0.294. The number of nitrogens with zero attached hydrogens (tertiary/aromatic N) is 1. The van der Waals surface area contributed by atoms with Crippen LogP contribution in [-0.4, -0.2) is 32.4 Å². The van der Waals surface area contributed by atoms with Gasteiger partial charge in [0.2, 0.25) is 0 Å². The van der Waals surface area contributed by atoms with Gasteiger partial charge in [0.05, 0.1) is 23.4 Å². The Hall–Kier alpha value is -2.24. The summed E-state index contributed by atoms with van der Waals surface area (Å²) in [7, 11) is 0. The number of carboxylic acids is 1. The van der Waals surface area contributed by atoms with Crippen LogP contribution in [0.2, 0.25) is 0 Å². The summed E-state index contributed by atoms with van der Waals surface area (Å²) in [5.74, 6) is -2.02. The normalized spacial score (nSPS) is 15.8. The Labute approximate surface area is 128 Å². The SMILES string of the molecule is CC(O)c1ccc2ccc(C=CC(C(=O)O)C(C)O)cc2n1. The van der Waals surface area contributed by atoms with Crippen LogP contribution >= 0.6 is 0 Å². The minimum Gasteiger partial charge on any atom is -0.481 e. The first-order valence-electron chi connectivity index (χ1n) is 7.06. The van der Waals surface area contributed by atoms with Gasteiger partial charge >= 0.3 is 5.97 Å². The Balaban J connectivity index is 2.34. The molecule has 5 nitrogen and oxygen atoms in total. The molecule has 0 aliphatic heterocycles. The third-order valence-electron chi connectivity index (χ3n) is 3.47. The van der Waals surface area contributed by atoms with Crippen molar-refractivity contribution >= 4 is 22.9 Å². The van der Waals surface area contributed by atoms with E-state index in [2.05, 4.69) is 4.98 Å². The molecule has 22 heavy (non-hydrogen) atoms. The number of carbonyl (C=O) groups is 1. The number of benzene rings is 1. The number of hydrogen-bond donors (Lipinski definition) is 3. The fourth-order valence-electron chi connectivity index (χ4n) is 2.15. The zero-order valence-electron chi connectivity index (χ0n) is 12.5. The van der Waals surface area contributed by atoms with Gasteiger partial charge in [0.1, 0.15) is 5.92 Å². The van der Waals surface area contributed by atoms with Crippen molar-refractivity contribution in [1.29, 1.82) is 0 Å². The molecule has 0 fully saturated rings. The Morgan fingerprint density at radius 2 is 1.86 bits per heavy atom. The summed E-state index contributed by atoms with van der Waals surface area (Å²) < 4.78 is 0. The molecule has 5 heteroatoms. The first kappa shape index (κ1) is 16.1. The van der Waals surface area contributed by atoms with E-state index in [1.165, 1.54) is 13.0 Å². The quantitative estimate of drug-likeness (QED) is 0.789. The highest BCUT2D eigenvalue weighted by atomic mass is 16.4. The van der Waals surface area contributed by atoms with Crippen molar-refractivity contribution < 1.29 is 20.1 Å². The lowest BCUT2D eigenvalue weighted by Gasteiger charge is -2.10. The molecule has 0 radical (unpaired) electrons. The summed E-state index contributed by atoms with van der Waals surface area (Å²) in [6, 6.07) is 9.21. The maximum atomic E-state index is 11.0. The van der Waals surface area contributed by atoms with Crippen LogP contribution in [0.5, 0.6) is 0 Å². The lowest BCUT2D eigenvalue weighted by molar-refractivity contribution is -0.142. The molecule has 1 heterocycles. The second kappa shape index (κ2) is 6.68. The van der Waals surface area contributed by atoms with Gasteiger partial charge in [-0.1, -0.05) is 30.4 Å². The molecule has 3 unspecified atom stereocenters. The number of aromatic nitrogens is 1. The molecule has 2 aromatic rings. The molecular formula is C17H19NO4. The van der Waals surface area contributed by atoms with Crippen LogP contribution in [0.3, 0.4) is 0 Å². The number of aliphatic hydroxyl groups excluding tert-OH is 2. The van der Waals surface area contributed by atoms with Crippen molar-refractivity contribution in [1.82, 2.24) is 4.98 Å². The van der Waals surface area contributed by atoms with Crippen molar-refractivity contribution in [3.05, 3.63) is 47.7 Å². The number of aliphatic carboxylic acids is 1. The van der Waals surface area contributed by atoms with Gasteiger partial charge in [-0.15, -0.1) is 0 Å². The molecule has 0 amide bonds. The van der Waals surface area contributed by atoms with Gasteiger partial charge < -0.3 is 15.3 Å². The minimum absolute atomic E-state index is 0.584. The monoisotopic (exact) mass is 301 g/mol. The molecular weight excluding hydrogens is 282 g/mol. The van der Waals surface area contributed by atoms with E-state index in [4.69, 9.17) is 5.11 Å². The first-order chi connectivity index (χ1) is 10.4. The summed E-state index contributed by atoms with van der Waals surface area (Å²) in [5, 5.41) is 29.0. The number of carboxylic acid groups (broad SMARTS) is 1. The smallest absolute Gasteiger partial charge is 0.313 e. The predicted octanol–water partition coefficient (Wildman–Crippen LogP) is 2.38. The van der Waals surface area contributed by atoms with Gasteiger partial charge in [-0.2, -0.15) is 0 Å². The molecule has 0 spiro atoms. The Morgan fingerprint density at radius 1 is 1.18 bits per heavy atom. The molecule has 0 aliphatic rings. The first-order valence-corrected chi connectivity index (χ1v) is 7.06. The lowest BCUT2D eigenvalue weighted by Crippen LogP contribution is -2.23. The van der Waals surface area contributed by atoms with Crippen LogP contribution in [0.15, 0.2) is 36.4 Å². The maximum Gasteiger partial charge on any atom is 0.313 e. The maximum absolute atomic E-state index is 11.0. The van der Waals surface area contributed by atoms with Crippen LogP contribution in [0.25, 0.3) is 17.0 Å². The van der Waals surface area contributed by atoms with Crippen LogP contribution in [-0.2, 0) is 4.79 Å². The highest BCUT2D eigenvalue weighted by molar-refractivity contribution is 5.82. The molecule has 0 saturated carbocycles. The highest BCUT2D eigenvalue weighted by Gasteiger charge is 2.19. The minimum atomic E-state index is -1.07. The highest BCUT2D eigenvalue weighted by Crippen LogP contribution is 2.19. The average molecular weight is 301 g/mol. The van der Waals surface area contributed by atoms with E-state index in [9.17, 15) is 15.0 Å². The molecule has 0 aliphatic carbocycles. The molecule has 1 aromatic heterocycles. The van der Waals surface area contributed by atoms with Crippen molar-refractivity contribution in [3.63, 3.8) is 0 Å². The number of aliphatic hydroxyl groups is 2. The molecule has 116 valence electrons. The zero-order valence-corrected chi connectivity index (χ0v) is 12.5. The van der Waals surface area contributed by atoms with E-state index in [1.807, 2.05) is 24.3 Å². The third-order valence-corrected chi connectivity index (χ3v) is 3.47. The standard InChI is InChI=1S/C17H19NO4/c1-10(19)14(17(21)22)7-4-12-3-5-13-6-8-15(11(2)20)18-16(13)9-12/h3-11,14,19-20H,1-2H3,(H,21,22). The molecule has 2 rings (SSSR count). The van der Waals surface area contributed by atoms with Crippen LogP contribution in [0.4, 0.5) is 0 Å². The summed E-state index contributed by atoms with van der Waals surface area (Å²) >= 11 is 0. The van der Waals surface area contributed by atoms with E-state index in [0.717, 1.165) is 16.5 Å². The second-order valence-electron chi connectivity index (χ2n) is 5.33. The summed E-state index contributed by atoms with van der Waals surface area (Å²) in [6.45, 7) is 3.10. The third kappa shape index (κ3) is 3.69. The molecule has 3 N–H and O–H groups in total. The van der Waals surface area contributed by atoms with Crippen molar-refractivity contribution in [2.24, 2.45) is 5.92 Å². The van der Waals surface area contributed by atoms with E-state index in [0.29, 0.717) is 5.69 Å². The van der Waals surface area contributed by atoms with Crippen LogP contribution in [0, 0.1) is 5.92 Å². The lowest BCUT2D eigenvalue weighted by atomic mass is 10.0. The van der Waals surface area contributed by atoms with Crippen molar-refractivity contribution in [2.75, 3.05) is 0 Å². The van der Waals surface area contributed by atoms with Gasteiger partial charge in [-0.05, 0) is 31.5 Å². The average Bonchev–Trinajstić information content (AvgIpc) is 2.45.